The lowest BCUT2D eigenvalue weighted by Gasteiger charge is -2.45. The van der Waals surface area contributed by atoms with E-state index in [1.165, 1.54) is 0 Å². The molecular weight excluding hydrogens is 612 g/mol. The minimum absolute atomic E-state index is 0.142. The van der Waals surface area contributed by atoms with Crippen LogP contribution in [0.2, 0.25) is 0 Å². The second kappa shape index (κ2) is 18.8. The van der Waals surface area contributed by atoms with Gasteiger partial charge in [-0.15, -0.1) is 0 Å². The Labute approximate surface area is 289 Å². The molecule has 1 fully saturated rings. The maximum absolute atomic E-state index is 6.77. The Morgan fingerprint density at radius 2 is 0.878 bits per heavy atom. The molecule has 5 atom stereocenters. The topological polar surface area (TPSA) is 55.4 Å². The lowest BCUT2D eigenvalue weighted by molar-refractivity contribution is -0.326. The van der Waals surface area contributed by atoms with Crippen LogP contribution >= 0.6 is 0 Å². The fourth-order valence-electron chi connectivity index (χ4n) is 5.66. The summed E-state index contributed by atoms with van der Waals surface area (Å²) in [7, 11) is 0. The van der Waals surface area contributed by atoms with Crippen molar-refractivity contribution in [1.29, 1.82) is 0 Å². The average molecular weight is 655 g/mol. The smallest absolute Gasteiger partial charge is 0.188 e. The van der Waals surface area contributed by atoms with Crippen LogP contribution in [0.15, 0.2) is 152 Å². The summed E-state index contributed by atoms with van der Waals surface area (Å²) in [4.78, 5) is 0. The molecule has 0 bridgehead atoms. The molecule has 0 N–H and O–H groups in total. The van der Waals surface area contributed by atoms with Crippen LogP contribution in [0, 0.1) is 11.8 Å². The second-order valence-electron chi connectivity index (χ2n) is 11.8. The number of benzene rings is 5. The average Bonchev–Trinajstić information content (AvgIpc) is 3.16. The van der Waals surface area contributed by atoms with Crippen molar-refractivity contribution >= 4 is 0 Å². The summed E-state index contributed by atoms with van der Waals surface area (Å²) in [5.74, 6) is 6.32. The standard InChI is InChI=1S/C43H42O6/c1-6-17-34(18-7-1)27-16-28-45-43-42(48-32-38-25-14-5-15-26-38)41(47-31-37-23-12-4-13-24-37)40(46-30-36-21-10-3-11-22-36)39(49-43)33-44-29-35-19-8-2-9-20-35/h1-15,17-26,39-43H,28-33H2/t39-,40-,41+,42-,43+/m1/s1. The van der Waals surface area contributed by atoms with Crippen molar-refractivity contribution in [2.75, 3.05) is 13.2 Å². The maximum Gasteiger partial charge on any atom is 0.188 e. The van der Waals surface area contributed by atoms with Crippen molar-refractivity contribution in [3.05, 3.63) is 179 Å². The van der Waals surface area contributed by atoms with Crippen molar-refractivity contribution < 1.29 is 28.4 Å². The van der Waals surface area contributed by atoms with Crippen LogP contribution in [0.1, 0.15) is 27.8 Å². The zero-order valence-corrected chi connectivity index (χ0v) is 27.5. The largest absolute Gasteiger partial charge is 0.374 e. The van der Waals surface area contributed by atoms with Crippen molar-refractivity contribution in [2.45, 2.75) is 57.1 Å². The SMILES string of the molecule is C(#Cc1ccccc1)CO[C@H]1O[C@H](COCc2ccccc2)[C@@H](OCc2ccccc2)[C@H](OCc2ccccc2)[C@H]1OCc1ccccc1. The van der Waals surface area contributed by atoms with Gasteiger partial charge in [-0.2, -0.15) is 0 Å². The Kier molecular flexibility index (Phi) is 13.2. The molecule has 1 aliphatic heterocycles. The van der Waals surface area contributed by atoms with E-state index < -0.39 is 30.7 Å². The molecule has 5 aromatic rings. The lowest BCUT2D eigenvalue weighted by Crippen LogP contribution is -2.61. The number of hydrogen-bond acceptors (Lipinski definition) is 6. The first-order valence-electron chi connectivity index (χ1n) is 16.7. The number of hydrogen-bond donors (Lipinski definition) is 0. The fourth-order valence-corrected chi connectivity index (χ4v) is 5.66. The summed E-state index contributed by atoms with van der Waals surface area (Å²) in [6.45, 7) is 1.92. The molecule has 0 spiro atoms. The van der Waals surface area contributed by atoms with E-state index in [-0.39, 0.29) is 13.2 Å². The van der Waals surface area contributed by atoms with Crippen LogP contribution in [0.4, 0.5) is 0 Å². The molecule has 0 amide bonds. The Morgan fingerprint density at radius 1 is 0.449 bits per heavy atom. The molecule has 0 unspecified atom stereocenters. The van der Waals surface area contributed by atoms with Crippen molar-refractivity contribution in [3.63, 3.8) is 0 Å². The van der Waals surface area contributed by atoms with Gasteiger partial charge in [-0.1, -0.05) is 151 Å². The van der Waals surface area contributed by atoms with E-state index in [1.54, 1.807) is 0 Å². The summed E-state index contributed by atoms with van der Waals surface area (Å²) in [6.07, 6.45) is -3.03. The van der Waals surface area contributed by atoms with E-state index >= 15 is 0 Å². The van der Waals surface area contributed by atoms with Crippen LogP contribution in [0.25, 0.3) is 0 Å². The van der Waals surface area contributed by atoms with E-state index in [4.69, 9.17) is 28.4 Å². The summed E-state index contributed by atoms with van der Waals surface area (Å²) in [6, 6.07) is 50.2. The van der Waals surface area contributed by atoms with Crippen molar-refractivity contribution in [2.24, 2.45) is 0 Å². The first-order chi connectivity index (χ1) is 24.3. The third-order valence-electron chi connectivity index (χ3n) is 8.17. The zero-order valence-electron chi connectivity index (χ0n) is 27.5. The molecule has 6 rings (SSSR count). The second-order valence-corrected chi connectivity index (χ2v) is 11.8. The van der Waals surface area contributed by atoms with Gasteiger partial charge >= 0.3 is 0 Å². The van der Waals surface area contributed by atoms with Gasteiger partial charge in [0, 0.05) is 5.56 Å². The van der Waals surface area contributed by atoms with Gasteiger partial charge in [0.05, 0.1) is 33.0 Å². The number of rotatable bonds is 15. The molecule has 1 saturated heterocycles. The first-order valence-corrected chi connectivity index (χ1v) is 16.7. The van der Waals surface area contributed by atoms with Crippen molar-refractivity contribution in [1.82, 2.24) is 0 Å². The zero-order chi connectivity index (χ0) is 33.4. The van der Waals surface area contributed by atoms with Crippen LogP contribution in [-0.4, -0.2) is 43.9 Å². The molecular formula is C43H42O6. The molecule has 0 aromatic heterocycles. The summed E-state index contributed by atoms with van der Waals surface area (Å²) in [5, 5.41) is 0. The van der Waals surface area contributed by atoms with Crippen LogP contribution in [-0.2, 0) is 54.8 Å². The molecule has 250 valence electrons. The monoisotopic (exact) mass is 654 g/mol. The fraction of sp³-hybridized carbons (Fsp3) is 0.256. The highest BCUT2D eigenvalue weighted by Crippen LogP contribution is 2.31. The molecule has 0 radical (unpaired) electrons. The van der Waals surface area contributed by atoms with Crippen LogP contribution < -0.4 is 0 Å². The van der Waals surface area contributed by atoms with Gasteiger partial charge in [-0.3, -0.25) is 0 Å². The normalized spacial score (nSPS) is 20.3. The van der Waals surface area contributed by atoms with Gasteiger partial charge in [0.2, 0.25) is 0 Å². The van der Waals surface area contributed by atoms with Crippen molar-refractivity contribution in [3.8, 4) is 11.8 Å². The number of ether oxygens (including phenoxy) is 6. The molecule has 6 heteroatoms. The highest BCUT2D eigenvalue weighted by molar-refractivity contribution is 5.33. The van der Waals surface area contributed by atoms with E-state index in [9.17, 15) is 0 Å². The van der Waals surface area contributed by atoms with Gasteiger partial charge in [-0.25, -0.2) is 0 Å². The van der Waals surface area contributed by atoms with Crippen LogP contribution in [0.3, 0.4) is 0 Å². The predicted molar refractivity (Wildman–Crippen MR) is 189 cm³/mol. The Morgan fingerprint density at radius 3 is 1.39 bits per heavy atom. The quantitative estimate of drug-likeness (QED) is 0.108. The van der Waals surface area contributed by atoms with Gasteiger partial charge in [0.15, 0.2) is 6.29 Å². The molecule has 6 nitrogen and oxygen atoms in total. The molecule has 1 aliphatic rings. The van der Waals surface area contributed by atoms with Gasteiger partial charge in [-0.05, 0) is 34.4 Å². The summed E-state index contributed by atoms with van der Waals surface area (Å²) in [5.41, 5.74) is 5.11. The predicted octanol–water partition coefficient (Wildman–Crippen LogP) is 7.75. The van der Waals surface area contributed by atoms with Gasteiger partial charge in [0.25, 0.3) is 0 Å². The Balaban J connectivity index is 1.28. The van der Waals surface area contributed by atoms with Gasteiger partial charge in [0.1, 0.15) is 31.0 Å². The van der Waals surface area contributed by atoms with Gasteiger partial charge < -0.3 is 28.4 Å². The molecule has 1 heterocycles. The molecule has 0 aliphatic carbocycles. The van der Waals surface area contributed by atoms with E-state index in [1.807, 2.05) is 152 Å². The van der Waals surface area contributed by atoms with E-state index in [0.717, 1.165) is 27.8 Å². The maximum atomic E-state index is 6.77. The van der Waals surface area contributed by atoms with E-state index in [0.29, 0.717) is 26.4 Å². The third kappa shape index (κ3) is 10.7. The third-order valence-corrected chi connectivity index (χ3v) is 8.17. The minimum Gasteiger partial charge on any atom is -0.374 e. The van der Waals surface area contributed by atoms with E-state index in [2.05, 4.69) is 11.8 Å². The lowest BCUT2D eigenvalue weighted by atomic mass is 9.97. The summed E-state index contributed by atoms with van der Waals surface area (Å²) < 4.78 is 39.5. The highest BCUT2D eigenvalue weighted by atomic mass is 16.7. The van der Waals surface area contributed by atoms with Crippen LogP contribution in [0.5, 0.6) is 0 Å². The molecule has 5 aromatic carbocycles. The minimum atomic E-state index is -0.795. The first kappa shape index (κ1) is 34.3. The highest BCUT2D eigenvalue weighted by Gasteiger charge is 2.49. The Bertz CT molecular complexity index is 1690. The summed E-state index contributed by atoms with van der Waals surface area (Å²) >= 11 is 0. The molecule has 49 heavy (non-hydrogen) atoms. The Hall–Kier alpha value is -4.58. The molecule has 0 saturated carbocycles.